The normalized spacial score (nSPS) is 37.5. The first-order valence-electron chi connectivity index (χ1n) is 10.0. The summed E-state index contributed by atoms with van der Waals surface area (Å²) in [6.07, 6.45) is 4.57. The Morgan fingerprint density at radius 1 is 1.18 bits per heavy atom. The van der Waals surface area contributed by atoms with E-state index >= 15 is 0 Å². The van der Waals surface area contributed by atoms with Gasteiger partial charge in [-0.2, -0.15) is 0 Å². The van der Waals surface area contributed by atoms with E-state index in [9.17, 15) is 0 Å². The molecule has 1 spiro atoms. The highest BCUT2D eigenvalue weighted by atomic mass is 28.4. The van der Waals surface area contributed by atoms with Crippen molar-refractivity contribution >= 4 is 8.32 Å². The van der Waals surface area contributed by atoms with Crippen LogP contribution in [-0.4, -0.2) is 44.6 Å². The topological polar surface area (TPSA) is 40.2 Å². The fourth-order valence-electron chi connectivity index (χ4n) is 3.64. The monoisotopic (exact) mass is 399 g/mol. The van der Waals surface area contributed by atoms with Crippen LogP contribution in [0.25, 0.3) is 0 Å². The Kier molecular flexibility index (Phi) is 4.51. The van der Waals surface area contributed by atoms with Gasteiger partial charge in [0.1, 0.15) is 11.7 Å². The molecule has 5 heteroatoms. The third kappa shape index (κ3) is 3.51. The summed E-state index contributed by atoms with van der Waals surface area (Å²) in [6, 6.07) is 0. The molecular formula is C23H30O4Si. The van der Waals surface area contributed by atoms with E-state index in [1.165, 1.54) is 0 Å². The van der Waals surface area contributed by atoms with E-state index < -0.39 is 14.1 Å². The second-order valence-electron chi connectivity index (χ2n) is 10.0. The third-order valence-electron chi connectivity index (χ3n) is 6.40. The Labute approximate surface area is 169 Å². The highest BCUT2D eigenvalue weighted by molar-refractivity contribution is 6.74. The minimum Gasteiger partial charge on any atom is -0.410 e. The number of hydrogen-bond acceptors (Lipinski definition) is 4. The lowest BCUT2D eigenvalue weighted by atomic mass is 9.98. The summed E-state index contributed by atoms with van der Waals surface area (Å²) >= 11 is 0. The maximum absolute atomic E-state index is 6.62. The molecule has 0 bridgehead atoms. The summed E-state index contributed by atoms with van der Waals surface area (Å²) in [5.41, 5.74) is 1.48. The average Bonchev–Trinajstić information content (AvgIpc) is 2.91. The zero-order valence-corrected chi connectivity index (χ0v) is 18.9. The van der Waals surface area contributed by atoms with Crippen LogP contribution in [0.15, 0.2) is 23.3 Å². The number of hydrogen-bond donors (Lipinski definition) is 0. The maximum atomic E-state index is 6.62. The Balaban J connectivity index is 1.58. The molecule has 0 unspecified atom stereocenters. The van der Waals surface area contributed by atoms with Gasteiger partial charge in [0.05, 0.1) is 12.7 Å². The Morgan fingerprint density at radius 2 is 1.93 bits per heavy atom. The molecule has 0 amide bonds. The molecule has 0 aromatic rings. The molecule has 2 aliphatic heterocycles. The lowest BCUT2D eigenvalue weighted by molar-refractivity contribution is -0.133. The van der Waals surface area contributed by atoms with Crippen molar-refractivity contribution in [1.29, 1.82) is 0 Å². The highest BCUT2D eigenvalue weighted by Gasteiger charge is 2.62. The highest BCUT2D eigenvalue weighted by Crippen LogP contribution is 2.52. The fourth-order valence-corrected chi connectivity index (χ4v) is 4.90. The molecule has 0 aromatic carbocycles. The molecule has 2 heterocycles. The van der Waals surface area contributed by atoms with Crippen molar-refractivity contribution in [3.8, 4) is 23.7 Å². The molecule has 4 aliphatic rings. The first-order valence-corrected chi connectivity index (χ1v) is 13.0. The van der Waals surface area contributed by atoms with Crippen LogP contribution in [0, 0.1) is 23.7 Å². The molecule has 0 aromatic heterocycles. The molecule has 4 nitrogen and oxygen atoms in total. The molecule has 0 saturated carbocycles. The smallest absolute Gasteiger partial charge is 0.192 e. The molecule has 28 heavy (non-hydrogen) atoms. The molecular weight excluding hydrogens is 369 g/mol. The van der Waals surface area contributed by atoms with Crippen molar-refractivity contribution in [2.45, 2.75) is 88.9 Å². The molecule has 2 saturated heterocycles. The van der Waals surface area contributed by atoms with Gasteiger partial charge in [0, 0.05) is 23.6 Å². The average molecular weight is 400 g/mol. The van der Waals surface area contributed by atoms with Gasteiger partial charge in [-0.3, -0.25) is 0 Å². The van der Waals surface area contributed by atoms with Crippen LogP contribution in [0.4, 0.5) is 0 Å². The van der Waals surface area contributed by atoms with Gasteiger partial charge in [0.15, 0.2) is 20.2 Å². The molecule has 4 rings (SSSR count). The molecule has 4 atom stereocenters. The third-order valence-corrected chi connectivity index (χ3v) is 10.9. The molecule has 150 valence electrons. The van der Waals surface area contributed by atoms with Gasteiger partial charge in [0.25, 0.3) is 0 Å². The van der Waals surface area contributed by atoms with Crippen LogP contribution in [0.2, 0.25) is 18.1 Å². The molecule has 2 aliphatic carbocycles. The molecule has 2 fully saturated rings. The predicted molar refractivity (Wildman–Crippen MR) is 111 cm³/mol. The lowest BCUT2D eigenvalue weighted by Gasteiger charge is -2.38. The Morgan fingerprint density at radius 3 is 2.57 bits per heavy atom. The standard InChI is InChI=1S/C23H30O4Si/c1-21(2,3)28(6,7)27-18-13-17-12-11-16(19-15-24-22(4,5)25-19)9-8-10-20-23(17,14-18)26-20/h9,13,18-20H,14-15H2,1-7H3/b16-9+/t18-,19-,20+,23-/m1/s1/i11+1. The van der Waals surface area contributed by atoms with E-state index in [-0.39, 0.29) is 29.0 Å². The van der Waals surface area contributed by atoms with Gasteiger partial charge in [-0.1, -0.05) is 44.5 Å². The van der Waals surface area contributed by atoms with Gasteiger partial charge in [0.2, 0.25) is 0 Å². The molecule has 0 radical (unpaired) electrons. The zero-order chi connectivity index (χ0) is 20.4. The summed E-state index contributed by atoms with van der Waals surface area (Å²) in [5.74, 6) is 12.4. The van der Waals surface area contributed by atoms with Gasteiger partial charge in [-0.05, 0) is 38.1 Å². The number of allylic oxidation sites excluding steroid dienone is 1. The van der Waals surface area contributed by atoms with Gasteiger partial charge < -0.3 is 18.6 Å². The van der Waals surface area contributed by atoms with E-state index in [0.29, 0.717) is 6.61 Å². The summed E-state index contributed by atoms with van der Waals surface area (Å²) in [6.45, 7) is 15.7. The van der Waals surface area contributed by atoms with Crippen molar-refractivity contribution in [1.82, 2.24) is 0 Å². The minimum absolute atomic E-state index is 0.0360. The number of rotatable bonds is 3. The van der Waals surface area contributed by atoms with E-state index in [1.54, 1.807) is 0 Å². The van der Waals surface area contributed by atoms with Crippen molar-refractivity contribution in [3.63, 3.8) is 0 Å². The molecule has 0 N–H and O–H groups in total. The first-order chi connectivity index (χ1) is 12.9. The van der Waals surface area contributed by atoms with Crippen LogP contribution in [0.5, 0.6) is 0 Å². The summed E-state index contributed by atoms with van der Waals surface area (Å²) in [7, 11) is -1.87. The van der Waals surface area contributed by atoms with Crippen LogP contribution in [-0.2, 0) is 18.6 Å². The van der Waals surface area contributed by atoms with Crippen molar-refractivity contribution in [3.05, 3.63) is 23.3 Å². The lowest BCUT2D eigenvalue weighted by Crippen LogP contribution is -2.43. The second kappa shape index (κ2) is 6.33. The van der Waals surface area contributed by atoms with Gasteiger partial charge in [-0.25, -0.2) is 0 Å². The number of ether oxygens (including phenoxy) is 3. The zero-order valence-electron chi connectivity index (χ0n) is 17.9. The SMILES string of the molecule is CC1(C)OC[C@H](/C2=C/C#C[C@@H]3O[C@@]34C[C@H](O[Si](C)(C)C(C)(C)C)C=C4C#[13C]2)O1. The van der Waals surface area contributed by atoms with E-state index in [0.717, 1.165) is 17.6 Å². The Hall–Kier alpha value is -1.34. The van der Waals surface area contributed by atoms with Gasteiger partial charge in [-0.15, -0.1) is 0 Å². The van der Waals surface area contributed by atoms with Crippen LogP contribution in [0.1, 0.15) is 41.0 Å². The van der Waals surface area contributed by atoms with E-state index in [1.807, 2.05) is 19.9 Å². The quantitative estimate of drug-likeness (QED) is 0.312. The summed E-state index contributed by atoms with van der Waals surface area (Å²) in [5, 5.41) is 0.167. The summed E-state index contributed by atoms with van der Waals surface area (Å²) < 4.78 is 24.3. The van der Waals surface area contributed by atoms with Crippen LogP contribution < -0.4 is 0 Å². The van der Waals surface area contributed by atoms with Gasteiger partial charge >= 0.3 is 0 Å². The van der Waals surface area contributed by atoms with E-state index in [4.69, 9.17) is 18.6 Å². The Bertz CT molecular complexity index is 868. The van der Waals surface area contributed by atoms with E-state index in [2.05, 4.69) is 63.6 Å². The number of epoxide rings is 1. The summed E-state index contributed by atoms with van der Waals surface area (Å²) in [4.78, 5) is 0. The minimum atomic E-state index is -1.87. The fraction of sp³-hybridized carbons (Fsp3) is 0.652. The maximum Gasteiger partial charge on any atom is 0.192 e. The second-order valence-corrected chi connectivity index (χ2v) is 14.8. The van der Waals surface area contributed by atoms with Crippen molar-refractivity contribution in [2.75, 3.05) is 6.61 Å². The first kappa shape index (κ1) is 20.0. The van der Waals surface area contributed by atoms with Crippen molar-refractivity contribution in [2.24, 2.45) is 0 Å². The van der Waals surface area contributed by atoms with Crippen LogP contribution in [0.3, 0.4) is 0 Å². The largest absolute Gasteiger partial charge is 0.410 e. The predicted octanol–water partition coefficient (Wildman–Crippen LogP) is 3.94. The van der Waals surface area contributed by atoms with Crippen LogP contribution >= 0.6 is 0 Å². The van der Waals surface area contributed by atoms with Crippen molar-refractivity contribution < 1.29 is 18.6 Å².